The van der Waals surface area contributed by atoms with Gasteiger partial charge in [-0.1, -0.05) is 5.57 Å². The Hall–Kier alpha value is -0.340. The normalized spacial score (nSPS) is 27.8. The van der Waals surface area contributed by atoms with Crippen molar-refractivity contribution < 1.29 is 4.74 Å². The lowest BCUT2D eigenvalue weighted by Crippen LogP contribution is -2.27. The van der Waals surface area contributed by atoms with Crippen molar-refractivity contribution in [1.82, 2.24) is 5.32 Å². The third-order valence-electron chi connectivity index (χ3n) is 2.67. The van der Waals surface area contributed by atoms with Gasteiger partial charge in [0.1, 0.15) is 0 Å². The van der Waals surface area contributed by atoms with Crippen molar-refractivity contribution in [1.29, 1.82) is 0 Å². The maximum atomic E-state index is 5.49. The molecule has 1 saturated heterocycles. The first-order chi connectivity index (χ1) is 6.20. The Bertz CT molecular complexity index is 167. The predicted molar refractivity (Wildman–Crippen MR) is 55.8 cm³/mol. The van der Waals surface area contributed by atoms with E-state index in [2.05, 4.69) is 25.7 Å². The number of hydrogen-bond donors (Lipinski definition) is 1. The molecule has 0 amide bonds. The summed E-state index contributed by atoms with van der Waals surface area (Å²) >= 11 is 0. The van der Waals surface area contributed by atoms with E-state index in [4.69, 9.17) is 4.74 Å². The van der Waals surface area contributed by atoms with E-state index in [1.807, 2.05) is 0 Å². The van der Waals surface area contributed by atoms with Crippen molar-refractivity contribution in [3.63, 3.8) is 0 Å². The molecule has 1 aliphatic rings. The van der Waals surface area contributed by atoms with Gasteiger partial charge in [-0.2, -0.15) is 0 Å². The molecule has 0 aromatic carbocycles. The lowest BCUT2D eigenvalue weighted by atomic mass is 10.0. The maximum absolute atomic E-state index is 5.49. The fourth-order valence-corrected chi connectivity index (χ4v) is 1.63. The van der Waals surface area contributed by atoms with E-state index in [0.717, 1.165) is 26.1 Å². The van der Waals surface area contributed by atoms with Crippen LogP contribution >= 0.6 is 0 Å². The zero-order valence-corrected chi connectivity index (χ0v) is 8.81. The van der Waals surface area contributed by atoms with Crippen LogP contribution in [-0.2, 0) is 4.74 Å². The molecule has 0 spiro atoms. The minimum Gasteiger partial charge on any atom is -0.378 e. The molecule has 76 valence electrons. The Kier molecular flexibility index (Phi) is 4.46. The molecular weight excluding hydrogens is 162 g/mol. The van der Waals surface area contributed by atoms with Crippen molar-refractivity contribution >= 4 is 0 Å². The molecule has 1 N–H and O–H groups in total. The van der Waals surface area contributed by atoms with Crippen molar-refractivity contribution in [2.24, 2.45) is 5.92 Å². The molecule has 0 aromatic rings. The summed E-state index contributed by atoms with van der Waals surface area (Å²) in [6.45, 7) is 11.2. The van der Waals surface area contributed by atoms with Crippen LogP contribution in [0.1, 0.15) is 26.7 Å². The fourth-order valence-electron chi connectivity index (χ4n) is 1.63. The highest BCUT2D eigenvalue weighted by molar-refractivity contribution is 4.88. The number of nitrogens with one attached hydrogen (secondary N) is 1. The summed E-state index contributed by atoms with van der Waals surface area (Å²) in [5.74, 6) is 0.713. The van der Waals surface area contributed by atoms with Crippen molar-refractivity contribution in [2.45, 2.75) is 32.8 Å². The fraction of sp³-hybridized carbons (Fsp3) is 0.818. The molecule has 0 saturated carbocycles. The average molecular weight is 183 g/mol. The van der Waals surface area contributed by atoms with E-state index < -0.39 is 0 Å². The summed E-state index contributed by atoms with van der Waals surface area (Å²) < 4.78 is 5.49. The number of ether oxygens (including phenoxy) is 1. The molecule has 2 heteroatoms. The predicted octanol–water partition coefficient (Wildman–Crippen LogP) is 1.97. The minimum atomic E-state index is 0.442. The molecule has 2 unspecified atom stereocenters. The highest BCUT2D eigenvalue weighted by Gasteiger charge is 2.23. The first kappa shape index (κ1) is 10.7. The molecule has 2 atom stereocenters. The van der Waals surface area contributed by atoms with Gasteiger partial charge >= 0.3 is 0 Å². The summed E-state index contributed by atoms with van der Waals surface area (Å²) in [6, 6.07) is 0. The van der Waals surface area contributed by atoms with Crippen molar-refractivity contribution in [3.8, 4) is 0 Å². The molecule has 13 heavy (non-hydrogen) atoms. The van der Waals surface area contributed by atoms with E-state index in [9.17, 15) is 0 Å². The van der Waals surface area contributed by atoms with Gasteiger partial charge in [0, 0.05) is 13.2 Å². The van der Waals surface area contributed by atoms with Gasteiger partial charge in [0.25, 0.3) is 0 Å². The zero-order valence-electron chi connectivity index (χ0n) is 8.81. The summed E-state index contributed by atoms with van der Waals surface area (Å²) in [6.07, 6.45) is 2.74. The Balaban J connectivity index is 2.02. The van der Waals surface area contributed by atoms with Crippen LogP contribution in [0.2, 0.25) is 0 Å². The monoisotopic (exact) mass is 183 g/mol. The largest absolute Gasteiger partial charge is 0.378 e. The molecule has 0 aromatic heterocycles. The van der Waals surface area contributed by atoms with Crippen LogP contribution in [0, 0.1) is 5.92 Å². The third kappa shape index (κ3) is 3.92. The van der Waals surface area contributed by atoms with Crippen molar-refractivity contribution in [3.05, 3.63) is 12.2 Å². The first-order valence-electron chi connectivity index (χ1n) is 5.17. The third-order valence-corrected chi connectivity index (χ3v) is 2.67. The van der Waals surface area contributed by atoms with Gasteiger partial charge < -0.3 is 10.1 Å². The topological polar surface area (TPSA) is 21.3 Å². The molecule has 1 heterocycles. The molecule has 0 aliphatic carbocycles. The molecule has 0 bridgehead atoms. The quantitative estimate of drug-likeness (QED) is 0.520. The van der Waals surface area contributed by atoms with E-state index in [-0.39, 0.29) is 0 Å². The highest BCUT2D eigenvalue weighted by atomic mass is 16.5. The summed E-state index contributed by atoms with van der Waals surface area (Å²) in [4.78, 5) is 0. The molecule has 1 rings (SSSR count). The van der Waals surface area contributed by atoms with E-state index in [1.54, 1.807) is 0 Å². The van der Waals surface area contributed by atoms with E-state index in [1.165, 1.54) is 12.0 Å². The van der Waals surface area contributed by atoms with Crippen LogP contribution in [0.5, 0.6) is 0 Å². The van der Waals surface area contributed by atoms with Crippen molar-refractivity contribution in [2.75, 3.05) is 19.7 Å². The Morgan fingerprint density at radius 3 is 2.92 bits per heavy atom. The zero-order chi connectivity index (χ0) is 9.68. The molecule has 1 fully saturated rings. The minimum absolute atomic E-state index is 0.442. The summed E-state index contributed by atoms with van der Waals surface area (Å²) in [5.41, 5.74) is 1.25. The van der Waals surface area contributed by atoms with Gasteiger partial charge in [0.15, 0.2) is 0 Å². The second kappa shape index (κ2) is 5.40. The standard InChI is InChI=1S/C11H21NO/c1-9(2)4-6-12-8-11-5-7-13-10(11)3/h10-12H,1,4-8H2,2-3H3. The molecule has 2 nitrogen and oxygen atoms in total. The average Bonchev–Trinajstić information content (AvgIpc) is 2.45. The number of rotatable bonds is 5. The van der Waals surface area contributed by atoms with Crippen LogP contribution in [-0.4, -0.2) is 25.8 Å². The summed E-state index contributed by atoms with van der Waals surface area (Å²) in [7, 11) is 0. The first-order valence-corrected chi connectivity index (χ1v) is 5.17. The van der Waals surface area contributed by atoms with Crippen LogP contribution in [0.15, 0.2) is 12.2 Å². The smallest absolute Gasteiger partial charge is 0.0588 e. The van der Waals surface area contributed by atoms with Gasteiger partial charge in [-0.3, -0.25) is 0 Å². The van der Waals surface area contributed by atoms with Crippen LogP contribution in [0.3, 0.4) is 0 Å². The Labute approximate surface area is 81.4 Å². The van der Waals surface area contributed by atoms with Gasteiger partial charge in [-0.15, -0.1) is 6.58 Å². The lowest BCUT2D eigenvalue weighted by molar-refractivity contribution is 0.105. The van der Waals surface area contributed by atoms with Gasteiger partial charge in [0.05, 0.1) is 6.10 Å². The summed E-state index contributed by atoms with van der Waals surface area (Å²) in [5, 5.41) is 3.45. The van der Waals surface area contributed by atoms with Gasteiger partial charge in [-0.05, 0) is 39.2 Å². The van der Waals surface area contributed by atoms with Crippen LogP contribution < -0.4 is 5.32 Å². The second-order valence-corrected chi connectivity index (χ2v) is 4.04. The van der Waals surface area contributed by atoms with Crippen LogP contribution in [0.25, 0.3) is 0 Å². The van der Waals surface area contributed by atoms with Gasteiger partial charge in [-0.25, -0.2) is 0 Å². The van der Waals surface area contributed by atoms with Gasteiger partial charge in [0.2, 0.25) is 0 Å². The lowest BCUT2D eigenvalue weighted by Gasteiger charge is -2.14. The Morgan fingerprint density at radius 1 is 1.62 bits per heavy atom. The molecule has 0 radical (unpaired) electrons. The Morgan fingerprint density at radius 2 is 2.38 bits per heavy atom. The SMILES string of the molecule is C=C(C)CCNCC1CCOC1C. The van der Waals surface area contributed by atoms with E-state index in [0.29, 0.717) is 12.0 Å². The van der Waals surface area contributed by atoms with Crippen LogP contribution in [0.4, 0.5) is 0 Å². The molecule has 1 aliphatic heterocycles. The second-order valence-electron chi connectivity index (χ2n) is 4.04. The number of hydrogen-bond acceptors (Lipinski definition) is 2. The molecular formula is C11H21NO. The highest BCUT2D eigenvalue weighted by Crippen LogP contribution is 2.19. The van der Waals surface area contributed by atoms with E-state index >= 15 is 0 Å². The maximum Gasteiger partial charge on any atom is 0.0588 e.